The molecule has 0 bridgehead atoms. The van der Waals surface area contributed by atoms with Crippen LogP contribution in [-0.2, 0) is 22.4 Å². The number of carbonyl (C=O) groups excluding carboxylic acids is 3. The van der Waals surface area contributed by atoms with E-state index in [4.69, 9.17) is 23.2 Å². The average molecular weight is 718 g/mol. The zero-order valence-electron chi connectivity index (χ0n) is 26.7. The average Bonchev–Trinajstić information content (AvgIpc) is 3.40. The minimum Gasteiger partial charge on any atom is -0.321 e. The number of halogens is 2. The lowest BCUT2D eigenvalue weighted by molar-refractivity contribution is -0.114. The monoisotopic (exact) mass is 716 g/mol. The van der Waals surface area contributed by atoms with Crippen molar-refractivity contribution < 1.29 is 14.4 Å². The van der Waals surface area contributed by atoms with Crippen molar-refractivity contribution >= 4 is 80.8 Å². The molecule has 3 aromatic carbocycles. The first-order chi connectivity index (χ1) is 22.9. The molecule has 1 unspecified atom stereocenters. The lowest BCUT2D eigenvalue weighted by Crippen LogP contribution is -2.30. The van der Waals surface area contributed by atoms with E-state index in [-0.39, 0.29) is 22.8 Å². The Morgan fingerprint density at radius 3 is 2.50 bits per heavy atom. The van der Waals surface area contributed by atoms with Gasteiger partial charge in [-0.15, -0.1) is 23.1 Å². The summed E-state index contributed by atoms with van der Waals surface area (Å²) in [4.78, 5) is 41.4. The molecule has 0 fully saturated rings. The van der Waals surface area contributed by atoms with Crippen LogP contribution in [0.3, 0.4) is 0 Å². The van der Waals surface area contributed by atoms with Gasteiger partial charge in [0.2, 0.25) is 5.91 Å². The molecule has 0 saturated carbocycles. The molecule has 0 aliphatic heterocycles. The molecule has 0 spiro atoms. The standard InChI is InChI=1S/C37H34Cl2N4O3S2/c1-37(2,3)24-13-15-28-29(20-40)36(48-32(28)17-24)43-33(44)21-47-27-11-7-10-26(19-27)41-35(46)31(16-23-12-14-25(38)18-30(23)39)42-34(45)22-8-5-4-6-9-22/h4-12,14,16,18-19,24H,13,15,17,21H2,1-3H3,(H,41,46)(H,42,45)(H,43,44)/b31-16+. The molecule has 4 aromatic rings. The molecule has 5 rings (SSSR count). The summed E-state index contributed by atoms with van der Waals surface area (Å²) in [7, 11) is 0. The predicted molar refractivity (Wildman–Crippen MR) is 197 cm³/mol. The summed E-state index contributed by atoms with van der Waals surface area (Å²) in [5.74, 6) is -0.597. The Morgan fingerprint density at radius 1 is 1.02 bits per heavy atom. The van der Waals surface area contributed by atoms with Crippen molar-refractivity contribution in [3.05, 3.63) is 116 Å². The maximum absolute atomic E-state index is 13.5. The Kier molecular flexibility index (Phi) is 11.3. The molecule has 1 aliphatic rings. The number of rotatable bonds is 9. The van der Waals surface area contributed by atoms with Gasteiger partial charge in [0, 0.05) is 31.1 Å². The van der Waals surface area contributed by atoms with Gasteiger partial charge in [-0.1, -0.05) is 74.3 Å². The summed E-state index contributed by atoms with van der Waals surface area (Å²) in [6.45, 7) is 6.75. The topological polar surface area (TPSA) is 111 Å². The highest BCUT2D eigenvalue weighted by Gasteiger charge is 2.32. The first-order valence-corrected chi connectivity index (χ1v) is 17.9. The number of carbonyl (C=O) groups is 3. The molecule has 1 aromatic heterocycles. The largest absolute Gasteiger partial charge is 0.321 e. The lowest BCUT2D eigenvalue weighted by atomic mass is 9.72. The van der Waals surface area contributed by atoms with Crippen LogP contribution in [-0.4, -0.2) is 23.5 Å². The third kappa shape index (κ3) is 8.88. The number of anilines is 2. The summed E-state index contributed by atoms with van der Waals surface area (Å²) in [5, 5.41) is 19.8. The normalized spacial score (nSPS) is 14.4. The number of nitrogens with zero attached hydrogens (tertiary/aromatic N) is 1. The molecular weight excluding hydrogens is 683 g/mol. The van der Waals surface area contributed by atoms with Gasteiger partial charge < -0.3 is 16.0 Å². The number of hydrogen-bond donors (Lipinski definition) is 3. The van der Waals surface area contributed by atoms with E-state index in [1.807, 2.05) is 6.07 Å². The smallest absolute Gasteiger partial charge is 0.272 e. The second-order valence-corrected chi connectivity index (χ2v) is 15.5. The molecule has 48 heavy (non-hydrogen) atoms. The third-order valence-corrected chi connectivity index (χ3v) is 10.8. The van der Waals surface area contributed by atoms with Gasteiger partial charge in [-0.25, -0.2) is 0 Å². The zero-order valence-corrected chi connectivity index (χ0v) is 29.8. The first-order valence-electron chi connectivity index (χ1n) is 15.3. The number of benzene rings is 3. The molecule has 1 aliphatic carbocycles. The molecule has 0 radical (unpaired) electrons. The quantitative estimate of drug-likeness (QED) is 0.118. The summed E-state index contributed by atoms with van der Waals surface area (Å²) in [6, 6.07) is 22.8. The van der Waals surface area contributed by atoms with Crippen molar-refractivity contribution in [2.24, 2.45) is 11.3 Å². The maximum Gasteiger partial charge on any atom is 0.272 e. The second kappa shape index (κ2) is 15.4. The van der Waals surface area contributed by atoms with Gasteiger partial charge in [-0.2, -0.15) is 5.26 Å². The van der Waals surface area contributed by atoms with E-state index >= 15 is 0 Å². The van der Waals surface area contributed by atoms with Crippen LogP contribution in [0.1, 0.15) is 59.1 Å². The fourth-order valence-corrected chi connectivity index (χ4v) is 7.93. The second-order valence-electron chi connectivity index (χ2n) is 12.5. The summed E-state index contributed by atoms with van der Waals surface area (Å²) >= 11 is 15.2. The van der Waals surface area contributed by atoms with Gasteiger partial charge in [0.1, 0.15) is 16.8 Å². The summed E-state index contributed by atoms with van der Waals surface area (Å²) in [5.41, 5.74) is 3.16. The van der Waals surface area contributed by atoms with Gasteiger partial charge in [0.05, 0.1) is 11.3 Å². The molecule has 11 heteroatoms. The Morgan fingerprint density at radius 2 is 1.79 bits per heavy atom. The van der Waals surface area contributed by atoms with Crippen molar-refractivity contribution in [3.63, 3.8) is 0 Å². The van der Waals surface area contributed by atoms with Crippen LogP contribution in [0.25, 0.3) is 6.08 Å². The molecule has 1 atom stereocenters. The number of hydrogen-bond acceptors (Lipinski definition) is 6. The third-order valence-electron chi connectivity index (χ3n) is 8.11. The SMILES string of the molecule is CC(C)(C)C1CCc2c(sc(NC(=O)CSc3cccc(NC(=O)/C(=C\c4ccc(Cl)cc4Cl)NC(=O)c4ccccc4)c3)c2C#N)C1. The first kappa shape index (κ1) is 35.2. The van der Waals surface area contributed by atoms with E-state index in [9.17, 15) is 19.6 Å². The van der Waals surface area contributed by atoms with E-state index < -0.39 is 11.8 Å². The molecule has 246 valence electrons. The van der Waals surface area contributed by atoms with Crippen LogP contribution in [0.2, 0.25) is 10.0 Å². The van der Waals surface area contributed by atoms with Gasteiger partial charge in [0.15, 0.2) is 0 Å². The fraction of sp³-hybridized carbons (Fsp3) is 0.243. The Bertz CT molecular complexity index is 1930. The highest BCUT2D eigenvalue weighted by Crippen LogP contribution is 2.44. The van der Waals surface area contributed by atoms with Gasteiger partial charge in [-0.3, -0.25) is 14.4 Å². The minimum absolute atomic E-state index is 0.0220. The molecule has 7 nitrogen and oxygen atoms in total. The summed E-state index contributed by atoms with van der Waals surface area (Å²) in [6.07, 6.45) is 4.28. The van der Waals surface area contributed by atoms with Crippen LogP contribution in [0.5, 0.6) is 0 Å². The molecule has 3 N–H and O–H groups in total. The van der Waals surface area contributed by atoms with Gasteiger partial charge >= 0.3 is 0 Å². The Balaban J connectivity index is 1.26. The Labute approximate surface area is 298 Å². The zero-order chi connectivity index (χ0) is 34.4. The number of nitrogens with one attached hydrogen (secondary N) is 3. The minimum atomic E-state index is -0.565. The highest BCUT2D eigenvalue weighted by atomic mass is 35.5. The summed E-state index contributed by atoms with van der Waals surface area (Å²) < 4.78 is 0. The lowest BCUT2D eigenvalue weighted by Gasteiger charge is -2.33. The van der Waals surface area contributed by atoms with Crippen LogP contribution in [0.4, 0.5) is 10.7 Å². The van der Waals surface area contributed by atoms with Crippen molar-refractivity contribution in [2.45, 2.75) is 44.9 Å². The van der Waals surface area contributed by atoms with Crippen molar-refractivity contribution in [3.8, 4) is 6.07 Å². The van der Waals surface area contributed by atoms with Crippen molar-refractivity contribution in [1.29, 1.82) is 5.26 Å². The molecular formula is C37H34Cl2N4O3S2. The van der Waals surface area contributed by atoms with Gasteiger partial charge in [0.25, 0.3) is 11.8 Å². The number of thioether (sulfide) groups is 1. The van der Waals surface area contributed by atoms with Crippen LogP contribution in [0.15, 0.2) is 83.4 Å². The number of fused-ring (bicyclic) bond motifs is 1. The van der Waals surface area contributed by atoms with Crippen LogP contribution in [0, 0.1) is 22.7 Å². The number of thiophene rings is 1. The molecule has 0 saturated heterocycles. The fourth-order valence-electron chi connectivity index (χ4n) is 5.42. The van der Waals surface area contributed by atoms with E-state index in [1.54, 1.807) is 66.7 Å². The number of amides is 3. The predicted octanol–water partition coefficient (Wildman–Crippen LogP) is 9.22. The molecule has 3 amide bonds. The van der Waals surface area contributed by atoms with Crippen LogP contribution < -0.4 is 16.0 Å². The Hall–Kier alpha value is -4.07. The van der Waals surface area contributed by atoms with E-state index in [0.29, 0.717) is 43.3 Å². The molecule has 1 heterocycles. The van der Waals surface area contributed by atoms with E-state index in [1.165, 1.54) is 34.1 Å². The van der Waals surface area contributed by atoms with E-state index in [2.05, 4.69) is 42.8 Å². The number of nitriles is 1. The van der Waals surface area contributed by atoms with Crippen molar-refractivity contribution in [1.82, 2.24) is 5.32 Å². The van der Waals surface area contributed by atoms with E-state index in [0.717, 1.165) is 29.7 Å². The van der Waals surface area contributed by atoms with Crippen molar-refractivity contribution in [2.75, 3.05) is 16.4 Å². The highest BCUT2D eigenvalue weighted by molar-refractivity contribution is 8.00. The van der Waals surface area contributed by atoms with Gasteiger partial charge in [-0.05, 0) is 90.3 Å². The maximum atomic E-state index is 13.5. The van der Waals surface area contributed by atoms with Crippen LogP contribution >= 0.6 is 46.3 Å².